The first kappa shape index (κ1) is 26.9. The van der Waals surface area contributed by atoms with E-state index in [2.05, 4.69) is 31.6 Å². The minimum atomic E-state index is 0. The average molecular weight is 571 g/mol. The predicted molar refractivity (Wildman–Crippen MR) is 139 cm³/mol. The third kappa shape index (κ3) is 7.61. The van der Waals surface area contributed by atoms with Crippen LogP contribution >= 0.6 is 24.0 Å². The van der Waals surface area contributed by atoms with Crippen molar-refractivity contribution in [2.45, 2.75) is 12.6 Å². The molecule has 3 rings (SSSR count). The van der Waals surface area contributed by atoms with Crippen LogP contribution < -0.4 is 24.8 Å². The zero-order valence-electron chi connectivity index (χ0n) is 19.7. The quantitative estimate of drug-likeness (QED) is 0.270. The van der Waals surface area contributed by atoms with Crippen LogP contribution in [0.2, 0.25) is 0 Å². The molecular weight excluding hydrogens is 537 g/mol. The molecule has 2 heterocycles. The molecule has 0 aliphatic carbocycles. The maximum Gasteiger partial charge on any atom is 0.213 e. The minimum absolute atomic E-state index is 0. The fourth-order valence-corrected chi connectivity index (χ4v) is 3.66. The molecular formula is C23H34IN5O4. The van der Waals surface area contributed by atoms with Gasteiger partial charge in [0.2, 0.25) is 5.88 Å². The number of nitrogens with one attached hydrogen (secondary N) is 2. The summed E-state index contributed by atoms with van der Waals surface area (Å²) in [5.74, 6) is 2.73. The number of morpholine rings is 1. The fourth-order valence-electron chi connectivity index (χ4n) is 3.66. The Morgan fingerprint density at radius 2 is 1.82 bits per heavy atom. The molecule has 1 aliphatic rings. The number of ether oxygens (including phenoxy) is 4. The molecule has 2 aromatic rings. The first-order valence-corrected chi connectivity index (χ1v) is 10.7. The fraction of sp³-hybridized carbons (Fsp3) is 0.478. The van der Waals surface area contributed by atoms with Crippen molar-refractivity contribution in [3.63, 3.8) is 0 Å². The molecule has 10 heteroatoms. The van der Waals surface area contributed by atoms with Crippen LogP contribution in [0.5, 0.6) is 17.4 Å². The Hall–Kier alpha value is -2.31. The second kappa shape index (κ2) is 14.1. The number of aromatic nitrogens is 1. The monoisotopic (exact) mass is 571 g/mol. The molecule has 9 nitrogen and oxygen atoms in total. The Morgan fingerprint density at radius 1 is 1.06 bits per heavy atom. The lowest BCUT2D eigenvalue weighted by molar-refractivity contribution is 0.0169. The van der Waals surface area contributed by atoms with Gasteiger partial charge in [-0.15, -0.1) is 24.0 Å². The Balaban J connectivity index is 0.00000385. The standard InChI is InChI=1S/C23H33N5O4.HI/c1-24-23(25-15-18-6-5-7-22(27-18)31-4)26-16-19(28-10-12-32-13-11-28)17-8-9-20(29-2)21(14-17)30-3;/h5-9,14,19H,10-13,15-16H2,1-4H3,(H2,24,25,26);1H. The van der Waals surface area contributed by atoms with Crippen LogP contribution in [0.3, 0.4) is 0 Å². The van der Waals surface area contributed by atoms with E-state index in [1.54, 1.807) is 28.4 Å². The highest BCUT2D eigenvalue weighted by atomic mass is 127. The molecule has 2 N–H and O–H groups in total. The zero-order valence-corrected chi connectivity index (χ0v) is 22.0. The molecule has 1 aromatic heterocycles. The number of guanidine groups is 1. The number of halogens is 1. The molecule has 1 aromatic carbocycles. The second-order valence-corrected chi connectivity index (χ2v) is 7.26. The highest BCUT2D eigenvalue weighted by molar-refractivity contribution is 14.0. The van der Waals surface area contributed by atoms with Crippen LogP contribution in [0, 0.1) is 0 Å². The summed E-state index contributed by atoms with van der Waals surface area (Å²) in [6.45, 7) is 4.37. The molecule has 0 saturated carbocycles. The predicted octanol–water partition coefficient (Wildman–Crippen LogP) is 2.46. The van der Waals surface area contributed by atoms with Crippen molar-refractivity contribution in [2.75, 3.05) is 61.2 Å². The van der Waals surface area contributed by atoms with E-state index in [0.29, 0.717) is 30.7 Å². The van der Waals surface area contributed by atoms with Gasteiger partial charge in [0.25, 0.3) is 0 Å². The van der Waals surface area contributed by atoms with E-state index in [-0.39, 0.29) is 30.0 Å². The first-order valence-electron chi connectivity index (χ1n) is 10.7. The van der Waals surface area contributed by atoms with Gasteiger partial charge in [-0.1, -0.05) is 12.1 Å². The summed E-state index contributed by atoms with van der Waals surface area (Å²) in [5, 5.41) is 6.78. The van der Waals surface area contributed by atoms with Crippen molar-refractivity contribution in [1.29, 1.82) is 0 Å². The highest BCUT2D eigenvalue weighted by Crippen LogP contribution is 2.32. The first-order chi connectivity index (χ1) is 15.7. The summed E-state index contributed by atoms with van der Waals surface area (Å²) in [6.07, 6.45) is 0. The lowest BCUT2D eigenvalue weighted by Crippen LogP contribution is -2.46. The molecule has 0 radical (unpaired) electrons. The lowest BCUT2D eigenvalue weighted by Gasteiger charge is -2.35. The smallest absolute Gasteiger partial charge is 0.213 e. The molecule has 1 aliphatic heterocycles. The van der Waals surface area contributed by atoms with Gasteiger partial charge >= 0.3 is 0 Å². The van der Waals surface area contributed by atoms with E-state index in [1.807, 2.05) is 30.3 Å². The normalized spacial score (nSPS) is 15.2. The van der Waals surface area contributed by atoms with Gasteiger partial charge in [-0.05, 0) is 23.8 Å². The van der Waals surface area contributed by atoms with Gasteiger partial charge in [0, 0.05) is 32.7 Å². The summed E-state index contributed by atoms with van der Waals surface area (Å²) in [6, 6.07) is 11.9. The number of hydrogen-bond acceptors (Lipinski definition) is 7. The topological polar surface area (TPSA) is 89.5 Å². The maximum absolute atomic E-state index is 5.56. The Kier molecular flexibility index (Phi) is 11.5. The van der Waals surface area contributed by atoms with Crippen LogP contribution in [0.25, 0.3) is 0 Å². The molecule has 1 fully saturated rings. The van der Waals surface area contributed by atoms with Crippen molar-refractivity contribution >= 4 is 29.9 Å². The summed E-state index contributed by atoms with van der Waals surface area (Å²) >= 11 is 0. The number of rotatable bonds is 9. The van der Waals surface area contributed by atoms with E-state index in [1.165, 1.54) is 0 Å². The van der Waals surface area contributed by atoms with Crippen LogP contribution in [0.1, 0.15) is 17.3 Å². The van der Waals surface area contributed by atoms with Gasteiger partial charge in [-0.25, -0.2) is 4.98 Å². The van der Waals surface area contributed by atoms with Gasteiger partial charge in [0.1, 0.15) is 0 Å². The summed E-state index contributed by atoms with van der Waals surface area (Å²) in [5.41, 5.74) is 2.01. The van der Waals surface area contributed by atoms with E-state index < -0.39 is 0 Å². The Bertz CT molecular complexity index is 893. The summed E-state index contributed by atoms with van der Waals surface area (Å²) in [4.78, 5) is 11.2. The van der Waals surface area contributed by atoms with Gasteiger partial charge in [-0.2, -0.15) is 0 Å². The summed E-state index contributed by atoms with van der Waals surface area (Å²) < 4.78 is 21.7. The molecule has 0 amide bonds. The molecule has 0 spiro atoms. The van der Waals surface area contributed by atoms with E-state index in [9.17, 15) is 0 Å². The largest absolute Gasteiger partial charge is 0.493 e. The van der Waals surface area contributed by atoms with Crippen molar-refractivity contribution in [1.82, 2.24) is 20.5 Å². The second-order valence-electron chi connectivity index (χ2n) is 7.26. The zero-order chi connectivity index (χ0) is 22.8. The number of benzene rings is 1. The number of methoxy groups -OCH3 is 3. The van der Waals surface area contributed by atoms with Crippen LogP contribution in [0.15, 0.2) is 41.4 Å². The Morgan fingerprint density at radius 3 is 2.48 bits per heavy atom. The van der Waals surface area contributed by atoms with Crippen molar-refractivity contribution in [2.24, 2.45) is 4.99 Å². The molecule has 1 saturated heterocycles. The number of hydrogen-bond donors (Lipinski definition) is 2. The molecule has 1 unspecified atom stereocenters. The van der Waals surface area contributed by atoms with Gasteiger partial charge < -0.3 is 29.6 Å². The maximum atomic E-state index is 5.56. The molecule has 1 atom stereocenters. The van der Waals surface area contributed by atoms with Crippen molar-refractivity contribution < 1.29 is 18.9 Å². The van der Waals surface area contributed by atoms with E-state index in [0.717, 1.165) is 43.3 Å². The average Bonchev–Trinajstić information content (AvgIpc) is 2.86. The molecule has 33 heavy (non-hydrogen) atoms. The van der Waals surface area contributed by atoms with Crippen molar-refractivity contribution in [3.8, 4) is 17.4 Å². The number of pyridine rings is 1. The third-order valence-corrected chi connectivity index (χ3v) is 5.39. The van der Waals surface area contributed by atoms with Gasteiger partial charge in [0.15, 0.2) is 17.5 Å². The van der Waals surface area contributed by atoms with Gasteiger partial charge in [0.05, 0.1) is 52.8 Å². The Labute approximate surface area is 212 Å². The highest BCUT2D eigenvalue weighted by Gasteiger charge is 2.24. The number of nitrogens with zero attached hydrogens (tertiary/aromatic N) is 3. The number of aliphatic imine (C=N–C) groups is 1. The van der Waals surface area contributed by atoms with Gasteiger partial charge in [-0.3, -0.25) is 9.89 Å². The minimum Gasteiger partial charge on any atom is -0.493 e. The van der Waals surface area contributed by atoms with Crippen LogP contribution in [0.4, 0.5) is 0 Å². The summed E-state index contributed by atoms with van der Waals surface area (Å²) in [7, 11) is 6.67. The lowest BCUT2D eigenvalue weighted by atomic mass is 10.0. The van der Waals surface area contributed by atoms with Crippen LogP contribution in [-0.4, -0.2) is 77.1 Å². The molecule has 182 valence electrons. The van der Waals surface area contributed by atoms with E-state index >= 15 is 0 Å². The SMILES string of the molecule is CN=C(NCc1cccc(OC)n1)NCC(c1ccc(OC)c(OC)c1)N1CCOCC1.I. The van der Waals surface area contributed by atoms with E-state index in [4.69, 9.17) is 18.9 Å². The van der Waals surface area contributed by atoms with Crippen molar-refractivity contribution in [3.05, 3.63) is 47.7 Å². The third-order valence-electron chi connectivity index (χ3n) is 5.39. The molecule has 0 bridgehead atoms. The van der Waals surface area contributed by atoms with Crippen LogP contribution in [-0.2, 0) is 11.3 Å².